The highest BCUT2D eigenvalue weighted by molar-refractivity contribution is 5.59. The van der Waals surface area contributed by atoms with Crippen molar-refractivity contribution in [3.8, 4) is 6.07 Å². The van der Waals surface area contributed by atoms with Gasteiger partial charge in [-0.3, -0.25) is 10.1 Å². The van der Waals surface area contributed by atoms with E-state index in [9.17, 15) is 10.1 Å². The summed E-state index contributed by atoms with van der Waals surface area (Å²) >= 11 is 0. The maximum absolute atomic E-state index is 10.8. The molecule has 1 aromatic carbocycles. The lowest BCUT2D eigenvalue weighted by atomic mass is 9.95. The Kier molecular flexibility index (Phi) is 2.86. The van der Waals surface area contributed by atoms with Gasteiger partial charge in [0.25, 0.3) is 5.69 Å². The number of nitro benzene ring substituents is 1. The standard InChI is InChI=1S/C14H15N3O2/c15-8-11-7-12(3-4-14(11)17(18)19)16-13-6-9-1-2-10(13)5-9/h3-4,7,9-10,13,16H,1-2,5-6H2. The Morgan fingerprint density at radius 3 is 2.79 bits per heavy atom. The van der Waals surface area contributed by atoms with Crippen LogP contribution in [-0.4, -0.2) is 11.0 Å². The first-order chi connectivity index (χ1) is 9.17. The van der Waals surface area contributed by atoms with Gasteiger partial charge in [-0.15, -0.1) is 0 Å². The molecule has 0 saturated heterocycles. The van der Waals surface area contributed by atoms with Crippen molar-refractivity contribution in [3.63, 3.8) is 0 Å². The predicted octanol–water partition coefficient (Wildman–Crippen LogP) is 3.07. The number of nitrogens with one attached hydrogen (secondary N) is 1. The molecule has 2 fully saturated rings. The molecule has 19 heavy (non-hydrogen) atoms. The van der Waals surface area contributed by atoms with Gasteiger partial charge in [0.05, 0.1) is 4.92 Å². The third-order valence-corrected chi connectivity index (χ3v) is 4.40. The molecule has 0 amide bonds. The van der Waals surface area contributed by atoms with Gasteiger partial charge in [-0.2, -0.15) is 5.26 Å². The largest absolute Gasteiger partial charge is 0.382 e. The van der Waals surface area contributed by atoms with Crippen molar-refractivity contribution in [2.45, 2.75) is 31.7 Å². The molecule has 2 aliphatic rings. The van der Waals surface area contributed by atoms with E-state index in [1.54, 1.807) is 12.1 Å². The number of nitriles is 1. The fourth-order valence-corrected chi connectivity index (χ4v) is 3.51. The second-order valence-electron chi connectivity index (χ2n) is 5.53. The van der Waals surface area contributed by atoms with Crippen LogP contribution in [0.4, 0.5) is 11.4 Å². The van der Waals surface area contributed by atoms with Gasteiger partial charge in [-0.05, 0) is 43.2 Å². The van der Waals surface area contributed by atoms with Gasteiger partial charge >= 0.3 is 0 Å². The smallest absolute Gasteiger partial charge is 0.287 e. The molecular weight excluding hydrogens is 242 g/mol. The minimum Gasteiger partial charge on any atom is -0.382 e. The summed E-state index contributed by atoms with van der Waals surface area (Å²) in [5.41, 5.74) is 0.818. The van der Waals surface area contributed by atoms with Crippen molar-refractivity contribution in [1.82, 2.24) is 0 Å². The molecule has 0 spiro atoms. The summed E-state index contributed by atoms with van der Waals surface area (Å²) in [6.07, 6.45) is 5.10. The fraction of sp³-hybridized carbons (Fsp3) is 0.500. The van der Waals surface area contributed by atoms with Crippen molar-refractivity contribution < 1.29 is 4.92 Å². The monoisotopic (exact) mass is 257 g/mol. The molecule has 5 nitrogen and oxygen atoms in total. The first-order valence-corrected chi connectivity index (χ1v) is 6.62. The Labute approximate surface area is 111 Å². The van der Waals surface area contributed by atoms with Crippen molar-refractivity contribution in [1.29, 1.82) is 5.26 Å². The molecule has 1 aromatic rings. The number of fused-ring (bicyclic) bond motifs is 2. The first-order valence-electron chi connectivity index (χ1n) is 6.62. The number of anilines is 1. The molecule has 3 rings (SSSR count). The van der Waals surface area contributed by atoms with Crippen molar-refractivity contribution in [2.75, 3.05) is 5.32 Å². The van der Waals surface area contributed by atoms with Crippen LogP contribution >= 0.6 is 0 Å². The van der Waals surface area contributed by atoms with E-state index in [1.807, 2.05) is 6.07 Å². The Morgan fingerprint density at radius 1 is 1.37 bits per heavy atom. The van der Waals surface area contributed by atoms with Gasteiger partial charge in [0, 0.05) is 17.8 Å². The fourth-order valence-electron chi connectivity index (χ4n) is 3.51. The highest BCUT2D eigenvalue weighted by Crippen LogP contribution is 2.45. The number of nitro groups is 1. The van der Waals surface area contributed by atoms with E-state index >= 15 is 0 Å². The summed E-state index contributed by atoms with van der Waals surface area (Å²) in [7, 11) is 0. The van der Waals surface area contributed by atoms with Crippen LogP contribution in [0.1, 0.15) is 31.2 Å². The number of benzene rings is 1. The molecule has 98 valence electrons. The van der Waals surface area contributed by atoms with Crippen molar-refractivity contribution in [3.05, 3.63) is 33.9 Å². The summed E-state index contributed by atoms with van der Waals surface area (Å²) in [6, 6.07) is 7.06. The molecule has 0 aromatic heterocycles. The molecular formula is C14H15N3O2. The van der Waals surface area contributed by atoms with Crippen LogP contribution in [0.25, 0.3) is 0 Å². The topological polar surface area (TPSA) is 79.0 Å². The maximum Gasteiger partial charge on any atom is 0.287 e. The van der Waals surface area contributed by atoms with Crippen LogP contribution in [0, 0.1) is 33.3 Å². The Balaban J connectivity index is 1.79. The Morgan fingerprint density at radius 2 is 2.21 bits per heavy atom. The highest BCUT2D eigenvalue weighted by Gasteiger charge is 2.39. The van der Waals surface area contributed by atoms with Gasteiger partial charge in [0.1, 0.15) is 11.6 Å². The van der Waals surface area contributed by atoms with Gasteiger partial charge in [-0.1, -0.05) is 6.42 Å². The lowest BCUT2D eigenvalue weighted by Gasteiger charge is -2.24. The number of hydrogen-bond acceptors (Lipinski definition) is 4. The molecule has 0 aliphatic heterocycles. The lowest BCUT2D eigenvalue weighted by Crippen LogP contribution is -2.25. The minimum atomic E-state index is -0.514. The number of hydrogen-bond donors (Lipinski definition) is 1. The van der Waals surface area contributed by atoms with E-state index in [2.05, 4.69) is 5.32 Å². The second kappa shape index (κ2) is 4.54. The summed E-state index contributed by atoms with van der Waals surface area (Å²) < 4.78 is 0. The second-order valence-corrected chi connectivity index (χ2v) is 5.53. The molecule has 2 bridgehead atoms. The van der Waals surface area contributed by atoms with E-state index in [4.69, 9.17) is 5.26 Å². The molecule has 3 atom stereocenters. The van der Waals surface area contributed by atoms with Gasteiger partial charge in [0.15, 0.2) is 0 Å². The molecule has 0 radical (unpaired) electrons. The summed E-state index contributed by atoms with van der Waals surface area (Å²) in [5.74, 6) is 1.57. The summed E-state index contributed by atoms with van der Waals surface area (Å²) in [6.45, 7) is 0. The van der Waals surface area contributed by atoms with Gasteiger partial charge < -0.3 is 5.32 Å². The van der Waals surface area contributed by atoms with Crippen molar-refractivity contribution >= 4 is 11.4 Å². The Hall–Kier alpha value is -2.09. The normalized spacial score (nSPS) is 28.1. The van der Waals surface area contributed by atoms with Crippen LogP contribution in [0.2, 0.25) is 0 Å². The maximum atomic E-state index is 10.8. The molecule has 2 aliphatic carbocycles. The van der Waals surface area contributed by atoms with Crippen LogP contribution in [0.5, 0.6) is 0 Å². The van der Waals surface area contributed by atoms with Gasteiger partial charge in [-0.25, -0.2) is 0 Å². The molecule has 2 saturated carbocycles. The van der Waals surface area contributed by atoms with E-state index in [0.717, 1.165) is 17.5 Å². The van der Waals surface area contributed by atoms with E-state index < -0.39 is 4.92 Å². The zero-order chi connectivity index (χ0) is 13.4. The van der Waals surface area contributed by atoms with Crippen LogP contribution in [-0.2, 0) is 0 Å². The van der Waals surface area contributed by atoms with Crippen LogP contribution in [0.3, 0.4) is 0 Å². The van der Waals surface area contributed by atoms with Gasteiger partial charge in [0.2, 0.25) is 0 Å². The summed E-state index contributed by atoms with van der Waals surface area (Å²) in [5, 5.41) is 23.2. The first kappa shape index (κ1) is 12.0. The Bertz CT molecular complexity index is 564. The van der Waals surface area contributed by atoms with E-state index in [1.165, 1.54) is 31.7 Å². The highest BCUT2D eigenvalue weighted by atomic mass is 16.6. The molecule has 3 unspecified atom stereocenters. The number of rotatable bonds is 3. The van der Waals surface area contributed by atoms with Crippen molar-refractivity contribution in [2.24, 2.45) is 11.8 Å². The number of nitrogens with zero attached hydrogens (tertiary/aromatic N) is 2. The lowest BCUT2D eigenvalue weighted by molar-refractivity contribution is -0.385. The molecule has 1 N–H and O–H groups in total. The van der Waals surface area contributed by atoms with E-state index in [-0.39, 0.29) is 11.3 Å². The molecule has 0 heterocycles. The summed E-state index contributed by atoms with van der Waals surface area (Å²) in [4.78, 5) is 10.3. The SMILES string of the molecule is N#Cc1cc(NC2CC3CCC2C3)ccc1[N+](=O)[O-]. The average Bonchev–Trinajstić information content (AvgIpc) is 3.00. The average molecular weight is 257 g/mol. The third kappa shape index (κ3) is 2.14. The van der Waals surface area contributed by atoms with E-state index in [0.29, 0.717) is 6.04 Å². The minimum absolute atomic E-state index is 0.123. The van der Waals surface area contributed by atoms with Crippen LogP contribution < -0.4 is 5.32 Å². The predicted molar refractivity (Wildman–Crippen MR) is 70.7 cm³/mol. The zero-order valence-electron chi connectivity index (χ0n) is 10.5. The zero-order valence-corrected chi connectivity index (χ0v) is 10.5. The van der Waals surface area contributed by atoms with Crippen LogP contribution in [0.15, 0.2) is 18.2 Å². The molecule has 5 heteroatoms. The quantitative estimate of drug-likeness (QED) is 0.666. The third-order valence-electron chi connectivity index (χ3n) is 4.40.